The monoisotopic (exact) mass is 268 g/mol. The van der Waals surface area contributed by atoms with E-state index >= 15 is 0 Å². The molecule has 1 heterocycles. The first kappa shape index (κ1) is 14.2. The number of carboxylic acid groups (broad SMARTS) is 1. The molecule has 2 rings (SSSR count). The van der Waals surface area contributed by atoms with Gasteiger partial charge in [-0.25, -0.2) is 4.79 Å². The first-order chi connectivity index (χ1) is 9.16. The summed E-state index contributed by atoms with van der Waals surface area (Å²) in [6.07, 6.45) is 7.99. The Kier molecular flexibility index (Phi) is 5.05. The van der Waals surface area contributed by atoms with Crippen molar-refractivity contribution in [1.82, 2.24) is 10.2 Å². The Labute approximate surface area is 114 Å². The minimum absolute atomic E-state index is 0.0403. The van der Waals surface area contributed by atoms with Gasteiger partial charge >= 0.3 is 12.0 Å². The van der Waals surface area contributed by atoms with Gasteiger partial charge in [0.05, 0.1) is 0 Å². The molecule has 0 aromatic rings. The van der Waals surface area contributed by atoms with Gasteiger partial charge in [0.2, 0.25) is 0 Å². The van der Waals surface area contributed by atoms with Crippen molar-refractivity contribution in [3.05, 3.63) is 0 Å². The Morgan fingerprint density at radius 2 is 1.95 bits per heavy atom. The molecule has 1 aliphatic heterocycles. The molecule has 0 aromatic heterocycles. The van der Waals surface area contributed by atoms with E-state index in [-0.39, 0.29) is 18.4 Å². The number of carbonyl (C=O) groups is 2. The minimum Gasteiger partial charge on any atom is -0.481 e. The number of hydrogen-bond acceptors (Lipinski definition) is 2. The fourth-order valence-electron chi connectivity index (χ4n) is 3.16. The summed E-state index contributed by atoms with van der Waals surface area (Å²) >= 11 is 0. The summed E-state index contributed by atoms with van der Waals surface area (Å²) in [5, 5.41) is 11.7. The van der Waals surface area contributed by atoms with Crippen molar-refractivity contribution in [2.45, 2.75) is 57.4 Å². The highest BCUT2D eigenvalue weighted by Crippen LogP contribution is 2.25. The van der Waals surface area contributed by atoms with Gasteiger partial charge in [0.25, 0.3) is 0 Å². The largest absolute Gasteiger partial charge is 0.481 e. The molecule has 5 heteroatoms. The molecule has 2 fully saturated rings. The Morgan fingerprint density at radius 1 is 1.26 bits per heavy atom. The summed E-state index contributed by atoms with van der Waals surface area (Å²) in [5.41, 5.74) is 0. The molecule has 108 valence electrons. The van der Waals surface area contributed by atoms with Gasteiger partial charge in [-0.1, -0.05) is 25.7 Å². The first-order valence-corrected chi connectivity index (χ1v) is 7.43. The van der Waals surface area contributed by atoms with Gasteiger partial charge in [-0.3, -0.25) is 4.79 Å². The predicted molar refractivity (Wildman–Crippen MR) is 72.0 cm³/mol. The van der Waals surface area contributed by atoms with Gasteiger partial charge in [-0.15, -0.1) is 0 Å². The quantitative estimate of drug-likeness (QED) is 0.768. The molecule has 19 heavy (non-hydrogen) atoms. The minimum atomic E-state index is -0.752. The summed E-state index contributed by atoms with van der Waals surface area (Å²) in [6, 6.07) is 0.397. The highest BCUT2D eigenvalue weighted by molar-refractivity contribution is 5.75. The Hall–Kier alpha value is -1.26. The van der Waals surface area contributed by atoms with Gasteiger partial charge in [-0.05, 0) is 25.2 Å². The van der Waals surface area contributed by atoms with E-state index in [9.17, 15) is 9.59 Å². The summed E-state index contributed by atoms with van der Waals surface area (Å²) in [4.78, 5) is 24.6. The molecule has 1 saturated heterocycles. The van der Waals surface area contributed by atoms with Gasteiger partial charge in [-0.2, -0.15) is 0 Å². The van der Waals surface area contributed by atoms with Crippen LogP contribution in [0.4, 0.5) is 4.79 Å². The van der Waals surface area contributed by atoms with E-state index in [4.69, 9.17) is 5.11 Å². The predicted octanol–water partition coefficient (Wildman–Crippen LogP) is 2.22. The van der Waals surface area contributed by atoms with Gasteiger partial charge in [0.1, 0.15) is 0 Å². The van der Waals surface area contributed by atoms with Crippen LogP contribution in [0.3, 0.4) is 0 Å². The van der Waals surface area contributed by atoms with E-state index in [0.717, 1.165) is 19.4 Å². The van der Waals surface area contributed by atoms with Gasteiger partial charge in [0.15, 0.2) is 0 Å². The highest BCUT2D eigenvalue weighted by Gasteiger charge is 2.31. The molecule has 2 N–H and O–H groups in total. The maximum absolute atomic E-state index is 12.0. The van der Waals surface area contributed by atoms with Crippen molar-refractivity contribution in [2.24, 2.45) is 5.92 Å². The van der Waals surface area contributed by atoms with Crippen LogP contribution in [-0.2, 0) is 4.79 Å². The second kappa shape index (κ2) is 6.78. The van der Waals surface area contributed by atoms with E-state index in [0.29, 0.717) is 19.0 Å². The van der Waals surface area contributed by atoms with Crippen LogP contribution in [0.5, 0.6) is 0 Å². The number of urea groups is 1. The van der Waals surface area contributed by atoms with Crippen LogP contribution in [-0.4, -0.2) is 41.1 Å². The van der Waals surface area contributed by atoms with Crippen LogP contribution in [0, 0.1) is 5.92 Å². The molecule has 0 radical (unpaired) electrons. The van der Waals surface area contributed by atoms with Crippen LogP contribution in [0.15, 0.2) is 0 Å². The molecular formula is C14H24N2O3. The topological polar surface area (TPSA) is 69.6 Å². The number of nitrogens with one attached hydrogen (secondary N) is 1. The van der Waals surface area contributed by atoms with Gasteiger partial charge < -0.3 is 15.3 Å². The third kappa shape index (κ3) is 4.11. The number of amides is 2. The van der Waals surface area contributed by atoms with Crippen LogP contribution in [0.25, 0.3) is 0 Å². The first-order valence-electron chi connectivity index (χ1n) is 7.43. The molecule has 0 spiro atoms. The number of carbonyl (C=O) groups excluding carboxylic acids is 1. The molecule has 1 atom stereocenters. The van der Waals surface area contributed by atoms with Crippen molar-refractivity contribution in [3.8, 4) is 0 Å². The average Bonchev–Trinajstić information content (AvgIpc) is 2.66. The standard InChI is InChI=1S/C14H24N2O3/c17-13(18)8-7-11-9-15-14(19)16(10-11)12-5-3-1-2-4-6-12/h11-12H,1-10H2,(H,15,19)(H,17,18). The Bertz CT molecular complexity index is 325. The lowest BCUT2D eigenvalue weighted by atomic mass is 9.98. The Morgan fingerprint density at radius 3 is 2.58 bits per heavy atom. The summed E-state index contributed by atoms with van der Waals surface area (Å²) in [5.74, 6) is -0.477. The van der Waals surface area contributed by atoms with E-state index in [2.05, 4.69) is 5.32 Å². The molecule has 5 nitrogen and oxygen atoms in total. The zero-order valence-electron chi connectivity index (χ0n) is 11.4. The van der Waals surface area contributed by atoms with Crippen LogP contribution < -0.4 is 5.32 Å². The number of carboxylic acids is 1. The summed E-state index contributed by atoms with van der Waals surface area (Å²) in [6.45, 7) is 1.35. The fraction of sp³-hybridized carbons (Fsp3) is 0.857. The molecule has 1 saturated carbocycles. The van der Waals surface area contributed by atoms with Crippen molar-refractivity contribution in [2.75, 3.05) is 13.1 Å². The van der Waals surface area contributed by atoms with Gasteiger partial charge in [0, 0.05) is 25.6 Å². The third-order valence-corrected chi connectivity index (χ3v) is 4.29. The molecule has 2 aliphatic rings. The number of hydrogen-bond donors (Lipinski definition) is 2. The molecule has 0 bridgehead atoms. The SMILES string of the molecule is O=C(O)CCC1CNC(=O)N(C2CCCCCC2)C1. The smallest absolute Gasteiger partial charge is 0.317 e. The lowest BCUT2D eigenvalue weighted by Crippen LogP contribution is -2.54. The van der Waals surface area contributed by atoms with E-state index < -0.39 is 5.97 Å². The molecule has 1 unspecified atom stereocenters. The molecule has 0 aromatic carbocycles. The average molecular weight is 268 g/mol. The second-order valence-electron chi connectivity index (χ2n) is 5.78. The van der Waals surface area contributed by atoms with Crippen LogP contribution in [0.1, 0.15) is 51.4 Å². The number of aliphatic carboxylic acids is 1. The number of nitrogens with zero attached hydrogens (tertiary/aromatic N) is 1. The zero-order chi connectivity index (χ0) is 13.7. The molecule has 2 amide bonds. The van der Waals surface area contributed by atoms with E-state index in [1.807, 2.05) is 4.90 Å². The maximum Gasteiger partial charge on any atom is 0.317 e. The third-order valence-electron chi connectivity index (χ3n) is 4.29. The number of rotatable bonds is 4. The lowest BCUT2D eigenvalue weighted by molar-refractivity contribution is -0.137. The van der Waals surface area contributed by atoms with Crippen LogP contribution >= 0.6 is 0 Å². The second-order valence-corrected chi connectivity index (χ2v) is 5.78. The molecular weight excluding hydrogens is 244 g/mol. The summed E-state index contributed by atoms with van der Waals surface area (Å²) in [7, 11) is 0. The van der Waals surface area contributed by atoms with Crippen molar-refractivity contribution >= 4 is 12.0 Å². The zero-order valence-corrected chi connectivity index (χ0v) is 11.4. The van der Waals surface area contributed by atoms with Crippen LogP contribution in [0.2, 0.25) is 0 Å². The molecule has 1 aliphatic carbocycles. The van der Waals surface area contributed by atoms with E-state index in [1.165, 1.54) is 25.7 Å². The van der Waals surface area contributed by atoms with Crippen molar-refractivity contribution in [1.29, 1.82) is 0 Å². The fourth-order valence-corrected chi connectivity index (χ4v) is 3.16. The van der Waals surface area contributed by atoms with E-state index in [1.54, 1.807) is 0 Å². The maximum atomic E-state index is 12.0. The lowest BCUT2D eigenvalue weighted by Gasteiger charge is -2.38. The highest BCUT2D eigenvalue weighted by atomic mass is 16.4. The van der Waals surface area contributed by atoms with Crippen molar-refractivity contribution in [3.63, 3.8) is 0 Å². The normalized spacial score (nSPS) is 25.8. The van der Waals surface area contributed by atoms with Crippen molar-refractivity contribution < 1.29 is 14.7 Å². The summed E-state index contributed by atoms with van der Waals surface area (Å²) < 4.78 is 0. The Balaban J connectivity index is 1.89.